The number of hydrogen-bond acceptors (Lipinski definition) is 7. The number of fused-ring (bicyclic) bond motifs is 3. The Kier molecular flexibility index (Phi) is 7.97. The normalized spacial score (nSPS) is 29.1. The number of nitrogens with one attached hydrogen (secondary N) is 2. The van der Waals surface area contributed by atoms with E-state index in [1.54, 1.807) is 11.0 Å². The number of amides is 2. The van der Waals surface area contributed by atoms with Gasteiger partial charge in [-0.25, -0.2) is 4.79 Å². The van der Waals surface area contributed by atoms with Crippen LogP contribution in [0.1, 0.15) is 50.5 Å². The number of carbonyl (C=O) groups excluding carboxylic acids is 2. The molecule has 2 fully saturated rings. The van der Waals surface area contributed by atoms with Gasteiger partial charge in [-0.05, 0) is 43.4 Å². The van der Waals surface area contributed by atoms with Crippen molar-refractivity contribution in [2.75, 3.05) is 6.54 Å². The molecular formula is C32H36N4O6. The maximum Gasteiger partial charge on any atom is 0.394 e. The van der Waals surface area contributed by atoms with E-state index in [0.29, 0.717) is 30.5 Å². The molecule has 0 bridgehead atoms. The quantitative estimate of drug-likeness (QED) is 0.380. The smallest absolute Gasteiger partial charge is 0.394 e. The van der Waals surface area contributed by atoms with Crippen molar-refractivity contribution in [3.63, 3.8) is 0 Å². The van der Waals surface area contributed by atoms with Gasteiger partial charge in [-0.3, -0.25) is 9.59 Å². The van der Waals surface area contributed by atoms with Crippen LogP contribution in [0.25, 0.3) is 11.1 Å². The van der Waals surface area contributed by atoms with Gasteiger partial charge in [0, 0.05) is 18.9 Å². The second-order valence-electron chi connectivity index (χ2n) is 11.5. The second kappa shape index (κ2) is 12.0. The number of para-hydroxylation sites is 2. The summed E-state index contributed by atoms with van der Waals surface area (Å²) in [4.78, 5) is 46.1. The largest absolute Gasteiger partial charge is 0.479 e. The fraction of sp³-hybridized carbons (Fsp3) is 0.438. The Hall–Kier alpha value is -4.18. The van der Waals surface area contributed by atoms with Crippen LogP contribution in [0.4, 0.5) is 0 Å². The average Bonchev–Trinajstić information content (AvgIpc) is 3.31. The lowest BCUT2D eigenvalue weighted by molar-refractivity contribution is -0.145. The molecular weight excluding hydrogens is 536 g/mol. The van der Waals surface area contributed by atoms with E-state index in [1.165, 1.54) is 0 Å². The van der Waals surface area contributed by atoms with Crippen molar-refractivity contribution < 1.29 is 28.6 Å². The minimum Gasteiger partial charge on any atom is -0.479 e. The Bertz CT molecular complexity index is 1440. The van der Waals surface area contributed by atoms with E-state index in [-0.39, 0.29) is 30.9 Å². The molecule has 3 N–H and O–H groups in total. The van der Waals surface area contributed by atoms with E-state index in [0.717, 1.165) is 31.2 Å². The Labute approximate surface area is 244 Å². The van der Waals surface area contributed by atoms with Gasteiger partial charge in [-0.2, -0.15) is 4.98 Å². The van der Waals surface area contributed by atoms with Crippen LogP contribution in [-0.2, 0) is 20.9 Å². The highest BCUT2D eigenvalue weighted by Crippen LogP contribution is 2.45. The van der Waals surface area contributed by atoms with Gasteiger partial charge in [-0.1, -0.05) is 67.5 Å². The molecule has 10 nitrogen and oxygen atoms in total. The summed E-state index contributed by atoms with van der Waals surface area (Å²) < 4.78 is 11.8. The molecule has 3 heterocycles. The molecule has 3 aliphatic rings. The lowest BCUT2D eigenvalue weighted by Crippen LogP contribution is -2.55. The summed E-state index contributed by atoms with van der Waals surface area (Å²) >= 11 is 0. The summed E-state index contributed by atoms with van der Waals surface area (Å²) in [6, 6.07) is 15.8. The zero-order chi connectivity index (χ0) is 29.1. The molecule has 1 saturated carbocycles. The van der Waals surface area contributed by atoms with Crippen molar-refractivity contribution in [2.45, 2.75) is 75.2 Å². The van der Waals surface area contributed by atoms with Gasteiger partial charge in [0.1, 0.15) is 23.2 Å². The van der Waals surface area contributed by atoms with E-state index >= 15 is 0 Å². The monoisotopic (exact) mass is 572 g/mol. The summed E-state index contributed by atoms with van der Waals surface area (Å²) in [6.45, 7) is 0.667. The fourth-order valence-corrected chi connectivity index (χ4v) is 6.08. The predicted octanol–water partition coefficient (Wildman–Crippen LogP) is 3.81. The summed E-state index contributed by atoms with van der Waals surface area (Å²) in [5.74, 6) is -2.02. The molecule has 0 radical (unpaired) electrons. The van der Waals surface area contributed by atoms with Crippen LogP contribution < -0.4 is 15.4 Å². The number of aromatic nitrogens is 1. The lowest BCUT2D eigenvalue weighted by Gasteiger charge is -2.29. The maximum absolute atomic E-state index is 14.1. The molecule has 0 unspecified atom stereocenters. The number of nitrogens with zero attached hydrogens (tertiary/aromatic N) is 2. The van der Waals surface area contributed by atoms with Crippen LogP contribution in [0.5, 0.6) is 6.08 Å². The minimum absolute atomic E-state index is 0.0740. The van der Waals surface area contributed by atoms with Crippen molar-refractivity contribution in [3.05, 3.63) is 72.3 Å². The highest BCUT2D eigenvalue weighted by atomic mass is 16.6. The Morgan fingerprint density at radius 1 is 1.12 bits per heavy atom. The number of allylic oxidation sites excluding steroid dienone is 1. The third-order valence-corrected chi connectivity index (χ3v) is 8.56. The molecule has 6 rings (SSSR count). The van der Waals surface area contributed by atoms with Crippen molar-refractivity contribution >= 4 is 28.9 Å². The van der Waals surface area contributed by atoms with E-state index in [2.05, 4.69) is 15.6 Å². The van der Waals surface area contributed by atoms with Crippen LogP contribution in [-0.4, -0.2) is 63.0 Å². The van der Waals surface area contributed by atoms with Gasteiger partial charge >= 0.3 is 12.0 Å². The lowest BCUT2D eigenvalue weighted by atomic mass is 10.0. The number of aliphatic carboxylic acids is 1. The molecule has 0 spiro atoms. The second-order valence-corrected chi connectivity index (χ2v) is 11.5. The summed E-state index contributed by atoms with van der Waals surface area (Å²) in [5.41, 5.74) is 0.931. The first-order valence-corrected chi connectivity index (χ1v) is 14.7. The number of carboxylic acids is 1. The van der Waals surface area contributed by atoms with Gasteiger partial charge in [0.05, 0.1) is 12.6 Å². The first-order chi connectivity index (χ1) is 20.4. The van der Waals surface area contributed by atoms with E-state index < -0.39 is 35.6 Å². The van der Waals surface area contributed by atoms with Crippen molar-refractivity contribution in [1.29, 1.82) is 0 Å². The number of carbonyl (C=O) groups is 3. The third kappa shape index (κ3) is 5.90. The van der Waals surface area contributed by atoms with Gasteiger partial charge < -0.3 is 29.8 Å². The number of rotatable bonds is 6. The topological polar surface area (TPSA) is 134 Å². The number of benzene rings is 2. The zero-order valence-electron chi connectivity index (χ0n) is 23.4. The summed E-state index contributed by atoms with van der Waals surface area (Å²) in [5, 5.41) is 16.3. The van der Waals surface area contributed by atoms with E-state index in [9.17, 15) is 19.5 Å². The Morgan fingerprint density at radius 3 is 2.74 bits per heavy atom. The molecule has 2 amide bonds. The fourth-order valence-electron chi connectivity index (χ4n) is 6.08. The third-order valence-electron chi connectivity index (χ3n) is 8.56. The molecule has 220 valence electrons. The van der Waals surface area contributed by atoms with Gasteiger partial charge in [0.25, 0.3) is 0 Å². The van der Waals surface area contributed by atoms with Crippen LogP contribution in [0.3, 0.4) is 0 Å². The molecule has 42 heavy (non-hydrogen) atoms. The average molecular weight is 573 g/mol. The Balaban J connectivity index is 1.26. The van der Waals surface area contributed by atoms with Crippen molar-refractivity contribution in [2.24, 2.45) is 5.92 Å². The highest BCUT2D eigenvalue weighted by molar-refractivity contribution is 5.95. The van der Waals surface area contributed by atoms with Crippen LogP contribution in [0.15, 0.2) is 71.2 Å². The predicted molar refractivity (Wildman–Crippen MR) is 154 cm³/mol. The standard InChI is InChI=1S/C32H36N4O6/c37-28-26-17-23(41-31-34-24-14-9-10-16-27(24)42-31)20-36(26)29(38)25(33-19-21-11-5-4-6-12-21)15-8-3-1-2-7-13-22-18-32(22,35-28)30(39)40/h4-7,9-14,16,22-23,25-26,33H,1-3,8,15,17-20H2,(H,35,37)(H,39,40)/b13-7-/t22-,23+,25-,26-,32+/m0/s1. The zero-order valence-corrected chi connectivity index (χ0v) is 23.4. The number of hydrogen-bond donors (Lipinski definition) is 3. The first kappa shape index (κ1) is 28.0. The van der Waals surface area contributed by atoms with Crippen molar-refractivity contribution in [1.82, 2.24) is 20.5 Å². The summed E-state index contributed by atoms with van der Waals surface area (Å²) in [6.07, 6.45) is 8.17. The summed E-state index contributed by atoms with van der Waals surface area (Å²) in [7, 11) is 0. The van der Waals surface area contributed by atoms with Gasteiger partial charge in [0.15, 0.2) is 5.58 Å². The van der Waals surface area contributed by atoms with Gasteiger partial charge in [0.2, 0.25) is 11.8 Å². The first-order valence-electron chi connectivity index (χ1n) is 14.7. The highest BCUT2D eigenvalue weighted by Gasteiger charge is 2.61. The van der Waals surface area contributed by atoms with Gasteiger partial charge in [-0.15, -0.1) is 0 Å². The number of ether oxygens (including phenoxy) is 1. The molecule has 1 aromatic heterocycles. The molecule has 10 heteroatoms. The minimum atomic E-state index is -1.35. The van der Waals surface area contributed by atoms with Crippen LogP contribution >= 0.6 is 0 Å². The number of carboxylic acid groups (broad SMARTS) is 1. The SMILES string of the molecule is O=C1N[C@]2(C(=O)O)C[C@@H]2/C=C\CCCCC[C@H](NCc2ccccc2)C(=O)N2C[C@H](Oc3nc4ccccc4o3)C[C@@H]12. The van der Waals surface area contributed by atoms with Crippen LogP contribution in [0, 0.1) is 5.92 Å². The Morgan fingerprint density at radius 2 is 1.93 bits per heavy atom. The van der Waals surface area contributed by atoms with E-state index in [4.69, 9.17) is 9.15 Å². The maximum atomic E-state index is 14.1. The van der Waals surface area contributed by atoms with E-state index in [1.807, 2.05) is 60.7 Å². The molecule has 3 aromatic rings. The van der Waals surface area contributed by atoms with Crippen LogP contribution in [0.2, 0.25) is 0 Å². The molecule has 1 saturated heterocycles. The molecule has 5 atom stereocenters. The molecule has 1 aliphatic carbocycles. The number of oxazole rings is 1. The van der Waals surface area contributed by atoms with Crippen molar-refractivity contribution in [3.8, 4) is 6.08 Å². The molecule has 2 aliphatic heterocycles. The molecule has 2 aromatic carbocycles.